The van der Waals surface area contributed by atoms with Crippen LogP contribution in [-0.4, -0.2) is 0 Å². The Labute approximate surface area is 134 Å². The Morgan fingerprint density at radius 1 is 1.19 bits per heavy atom. The highest BCUT2D eigenvalue weighted by Crippen LogP contribution is 2.37. The van der Waals surface area contributed by atoms with E-state index in [2.05, 4.69) is 15.9 Å². The van der Waals surface area contributed by atoms with E-state index in [9.17, 15) is 13.2 Å². The highest BCUT2D eigenvalue weighted by Gasteiger charge is 2.34. The van der Waals surface area contributed by atoms with Crippen LogP contribution in [0.3, 0.4) is 0 Å². The van der Waals surface area contributed by atoms with Gasteiger partial charge in [-0.05, 0) is 36.2 Å². The van der Waals surface area contributed by atoms with E-state index < -0.39 is 17.8 Å². The molecule has 0 fully saturated rings. The third kappa shape index (κ3) is 4.08. The number of aryl methyl sites for hydroxylation is 1. The van der Waals surface area contributed by atoms with Gasteiger partial charge in [0, 0.05) is 26.7 Å². The predicted octanol–water partition coefficient (Wildman–Crippen LogP) is 5.33. The minimum absolute atomic E-state index is 0.136. The van der Waals surface area contributed by atoms with Gasteiger partial charge >= 0.3 is 6.18 Å². The minimum atomic E-state index is -4.40. The van der Waals surface area contributed by atoms with Crippen LogP contribution in [0.15, 0.2) is 34.8 Å². The molecule has 1 atom stereocenters. The van der Waals surface area contributed by atoms with Crippen molar-refractivity contribution < 1.29 is 13.2 Å². The van der Waals surface area contributed by atoms with Gasteiger partial charge in [0.25, 0.3) is 0 Å². The molecule has 2 aromatic rings. The maximum atomic E-state index is 13.1. The van der Waals surface area contributed by atoms with E-state index >= 15 is 0 Å². The molecule has 0 saturated heterocycles. The van der Waals surface area contributed by atoms with E-state index in [1.54, 1.807) is 17.4 Å². The van der Waals surface area contributed by atoms with Crippen LogP contribution in [0.2, 0.25) is 0 Å². The van der Waals surface area contributed by atoms with Crippen molar-refractivity contribution in [2.24, 2.45) is 5.73 Å². The Hall–Kier alpha value is -0.850. The van der Waals surface area contributed by atoms with Crippen LogP contribution in [0, 0.1) is 0 Å². The molecule has 1 aromatic carbocycles. The van der Waals surface area contributed by atoms with Crippen molar-refractivity contribution in [3.63, 3.8) is 0 Å². The summed E-state index contributed by atoms with van der Waals surface area (Å²) < 4.78 is 39.7. The lowest BCUT2D eigenvalue weighted by atomic mass is 9.98. The number of alkyl halides is 3. The zero-order valence-electron chi connectivity index (χ0n) is 11.4. The molecule has 0 spiro atoms. The maximum absolute atomic E-state index is 13.1. The smallest absolute Gasteiger partial charge is 0.324 e. The van der Waals surface area contributed by atoms with Crippen molar-refractivity contribution in [1.82, 2.24) is 0 Å². The summed E-state index contributed by atoms with van der Waals surface area (Å²) >= 11 is 4.68. The van der Waals surface area contributed by atoms with Gasteiger partial charge in [0.15, 0.2) is 0 Å². The van der Waals surface area contributed by atoms with Crippen LogP contribution in [0.4, 0.5) is 13.2 Å². The van der Waals surface area contributed by atoms with Gasteiger partial charge in [-0.3, -0.25) is 0 Å². The fraction of sp³-hybridized carbons (Fsp3) is 0.333. The van der Waals surface area contributed by atoms with Crippen LogP contribution in [0.25, 0.3) is 0 Å². The number of thiophene rings is 1. The van der Waals surface area contributed by atoms with E-state index in [0.717, 1.165) is 17.4 Å². The second-order valence-electron chi connectivity index (χ2n) is 4.76. The zero-order valence-corrected chi connectivity index (χ0v) is 13.8. The van der Waals surface area contributed by atoms with Gasteiger partial charge in [-0.25, -0.2) is 0 Å². The summed E-state index contributed by atoms with van der Waals surface area (Å²) in [5.74, 6) is 0. The zero-order chi connectivity index (χ0) is 15.6. The van der Waals surface area contributed by atoms with Crippen molar-refractivity contribution in [1.29, 1.82) is 0 Å². The average molecular weight is 378 g/mol. The molecular weight excluding hydrogens is 363 g/mol. The minimum Gasteiger partial charge on any atom is -0.324 e. The van der Waals surface area contributed by atoms with Gasteiger partial charge in [0.2, 0.25) is 0 Å². The maximum Gasteiger partial charge on any atom is 0.416 e. The van der Waals surface area contributed by atoms with Crippen LogP contribution in [0.5, 0.6) is 0 Å². The summed E-state index contributed by atoms with van der Waals surface area (Å²) in [6.07, 6.45) is -3.07. The van der Waals surface area contributed by atoms with Crippen LogP contribution in [0.1, 0.15) is 33.8 Å². The molecule has 0 amide bonds. The molecule has 1 aromatic heterocycles. The standard InChI is InChI=1S/C15H15BrF3NS/c1-2-10-4-5-11(21-10)8-14(20)12-6-3-9(16)7-13(12)15(17,18)19/h3-7,14H,2,8,20H2,1H3. The summed E-state index contributed by atoms with van der Waals surface area (Å²) in [5, 5.41) is 0. The predicted molar refractivity (Wildman–Crippen MR) is 83.5 cm³/mol. The number of hydrogen-bond donors (Lipinski definition) is 1. The molecule has 6 heteroatoms. The Morgan fingerprint density at radius 3 is 2.43 bits per heavy atom. The molecule has 0 aliphatic carbocycles. The molecule has 114 valence electrons. The largest absolute Gasteiger partial charge is 0.416 e. The SMILES string of the molecule is CCc1ccc(CC(N)c2ccc(Br)cc2C(F)(F)F)s1. The molecule has 0 aliphatic rings. The molecule has 1 unspecified atom stereocenters. The summed E-state index contributed by atoms with van der Waals surface area (Å²) in [6.45, 7) is 2.05. The van der Waals surface area contributed by atoms with Crippen molar-refractivity contribution >= 4 is 27.3 Å². The van der Waals surface area contributed by atoms with Crippen molar-refractivity contribution in [2.75, 3.05) is 0 Å². The second-order valence-corrected chi connectivity index (χ2v) is 6.93. The number of hydrogen-bond acceptors (Lipinski definition) is 2. The summed E-state index contributed by atoms with van der Waals surface area (Å²) in [5.41, 5.74) is 5.48. The van der Waals surface area contributed by atoms with E-state index in [0.29, 0.717) is 10.9 Å². The third-order valence-corrected chi connectivity index (χ3v) is 4.95. The van der Waals surface area contributed by atoms with Crippen LogP contribution >= 0.6 is 27.3 Å². The lowest BCUT2D eigenvalue weighted by Gasteiger charge is -2.18. The Balaban J connectivity index is 2.28. The van der Waals surface area contributed by atoms with Gasteiger partial charge in [0.05, 0.1) is 5.56 Å². The first-order valence-corrected chi connectivity index (χ1v) is 8.12. The number of halogens is 4. The van der Waals surface area contributed by atoms with Crippen molar-refractivity contribution in [3.05, 3.63) is 55.7 Å². The van der Waals surface area contributed by atoms with E-state index in [1.165, 1.54) is 10.9 Å². The molecular formula is C15H15BrF3NS. The van der Waals surface area contributed by atoms with Gasteiger partial charge < -0.3 is 5.73 Å². The normalized spacial score (nSPS) is 13.4. The van der Waals surface area contributed by atoms with E-state index in [4.69, 9.17) is 5.73 Å². The van der Waals surface area contributed by atoms with Gasteiger partial charge in [-0.15, -0.1) is 11.3 Å². The Bertz CT molecular complexity index is 622. The first-order chi connectivity index (χ1) is 9.81. The van der Waals surface area contributed by atoms with Gasteiger partial charge in [0.1, 0.15) is 0 Å². The monoisotopic (exact) mass is 377 g/mol. The van der Waals surface area contributed by atoms with E-state index in [-0.39, 0.29) is 5.56 Å². The van der Waals surface area contributed by atoms with Crippen LogP contribution < -0.4 is 5.73 Å². The first kappa shape index (κ1) is 16.5. The molecule has 0 aliphatic heterocycles. The summed E-state index contributed by atoms with van der Waals surface area (Å²) in [7, 11) is 0. The van der Waals surface area contributed by atoms with Crippen molar-refractivity contribution in [2.45, 2.75) is 32.0 Å². The fourth-order valence-electron chi connectivity index (χ4n) is 2.15. The lowest BCUT2D eigenvalue weighted by Crippen LogP contribution is -2.19. The lowest BCUT2D eigenvalue weighted by molar-refractivity contribution is -0.138. The fourth-order valence-corrected chi connectivity index (χ4v) is 3.52. The van der Waals surface area contributed by atoms with Gasteiger partial charge in [-0.2, -0.15) is 13.2 Å². The van der Waals surface area contributed by atoms with Crippen molar-refractivity contribution in [3.8, 4) is 0 Å². The Kier molecular flexibility index (Phi) is 5.11. The number of nitrogens with two attached hydrogens (primary N) is 1. The molecule has 0 saturated carbocycles. The molecule has 1 heterocycles. The quantitative estimate of drug-likeness (QED) is 0.764. The average Bonchev–Trinajstić information content (AvgIpc) is 2.85. The van der Waals surface area contributed by atoms with Crippen LogP contribution in [-0.2, 0) is 19.0 Å². The van der Waals surface area contributed by atoms with Gasteiger partial charge in [-0.1, -0.05) is 28.9 Å². The molecule has 0 radical (unpaired) electrons. The Morgan fingerprint density at radius 2 is 1.86 bits per heavy atom. The van der Waals surface area contributed by atoms with E-state index in [1.807, 2.05) is 19.1 Å². The number of rotatable bonds is 4. The summed E-state index contributed by atoms with van der Waals surface area (Å²) in [4.78, 5) is 2.22. The molecule has 2 rings (SSSR count). The highest BCUT2D eigenvalue weighted by atomic mass is 79.9. The second kappa shape index (κ2) is 6.50. The molecule has 1 nitrogen and oxygen atoms in total. The third-order valence-electron chi connectivity index (χ3n) is 3.21. The molecule has 2 N–H and O–H groups in total. The first-order valence-electron chi connectivity index (χ1n) is 6.51. The molecule has 21 heavy (non-hydrogen) atoms. The topological polar surface area (TPSA) is 26.0 Å². The number of benzene rings is 1. The summed E-state index contributed by atoms with van der Waals surface area (Å²) in [6, 6.07) is 7.40. The molecule has 0 bridgehead atoms. The highest BCUT2D eigenvalue weighted by molar-refractivity contribution is 9.10.